The molecule has 0 bridgehead atoms. The third-order valence-electron chi connectivity index (χ3n) is 2.55. The first-order valence-electron chi connectivity index (χ1n) is 5.55. The highest BCUT2D eigenvalue weighted by molar-refractivity contribution is 5.24. The van der Waals surface area contributed by atoms with Crippen molar-refractivity contribution in [2.75, 3.05) is 6.61 Å². The zero-order chi connectivity index (χ0) is 13.0. The topological polar surface area (TPSA) is 35.2 Å². The zero-order valence-corrected chi connectivity index (χ0v) is 9.64. The van der Waals surface area contributed by atoms with Gasteiger partial charge in [-0.15, -0.1) is 0 Å². The Balaban J connectivity index is 1.98. The molecule has 0 amide bonds. The summed E-state index contributed by atoms with van der Waals surface area (Å²) in [6.07, 6.45) is 0. The standard InChI is InChI=1S/C14H13F2NO/c15-10-5-7-11(8-6-10)18-9-14(17)12-3-1-2-4-13(12)16/h1-8,14H,9,17H2. The van der Waals surface area contributed by atoms with Crippen LogP contribution in [0.15, 0.2) is 48.5 Å². The summed E-state index contributed by atoms with van der Waals surface area (Å²) in [7, 11) is 0. The van der Waals surface area contributed by atoms with Crippen LogP contribution in [0.5, 0.6) is 5.75 Å². The number of rotatable bonds is 4. The number of benzene rings is 2. The molecule has 2 N–H and O–H groups in total. The van der Waals surface area contributed by atoms with E-state index in [1.54, 1.807) is 18.2 Å². The van der Waals surface area contributed by atoms with E-state index in [1.165, 1.54) is 30.3 Å². The molecule has 0 fully saturated rings. The molecule has 0 saturated carbocycles. The third-order valence-corrected chi connectivity index (χ3v) is 2.55. The predicted molar refractivity (Wildman–Crippen MR) is 65.2 cm³/mol. The Morgan fingerprint density at radius 1 is 1.00 bits per heavy atom. The molecule has 0 aromatic heterocycles. The largest absolute Gasteiger partial charge is 0.492 e. The summed E-state index contributed by atoms with van der Waals surface area (Å²) in [6, 6.07) is 11.3. The number of hydrogen-bond donors (Lipinski definition) is 1. The third kappa shape index (κ3) is 3.05. The Labute approximate surface area is 104 Å². The Morgan fingerprint density at radius 2 is 1.67 bits per heavy atom. The average molecular weight is 249 g/mol. The normalized spacial score (nSPS) is 12.2. The van der Waals surface area contributed by atoms with Crippen molar-refractivity contribution in [3.8, 4) is 5.75 Å². The predicted octanol–water partition coefficient (Wildman–Crippen LogP) is 3.04. The molecule has 0 heterocycles. The maximum atomic E-state index is 13.4. The maximum absolute atomic E-state index is 13.4. The van der Waals surface area contributed by atoms with Crippen molar-refractivity contribution < 1.29 is 13.5 Å². The van der Waals surface area contributed by atoms with Gasteiger partial charge in [-0.25, -0.2) is 8.78 Å². The van der Waals surface area contributed by atoms with Gasteiger partial charge in [0.25, 0.3) is 0 Å². The van der Waals surface area contributed by atoms with Crippen LogP contribution in [0, 0.1) is 11.6 Å². The van der Waals surface area contributed by atoms with E-state index in [9.17, 15) is 8.78 Å². The highest BCUT2D eigenvalue weighted by atomic mass is 19.1. The fraction of sp³-hybridized carbons (Fsp3) is 0.143. The molecule has 0 radical (unpaired) electrons. The number of nitrogens with two attached hydrogens (primary N) is 1. The summed E-state index contributed by atoms with van der Waals surface area (Å²) in [6.45, 7) is 0.132. The van der Waals surface area contributed by atoms with Gasteiger partial charge in [-0.1, -0.05) is 18.2 Å². The van der Waals surface area contributed by atoms with Crippen molar-refractivity contribution >= 4 is 0 Å². The molecule has 1 atom stereocenters. The van der Waals surface area contributed by atoms with Crippen LogP contribution in [0.3, 0.4) is 0 Å². The average Bonchev–Trinajstić information content (AvgIpc) is 2.38. The van der Waals surface area contributed by atoms with Gasteiger partial charge in [0.05, 0.1) is 6.04 Å². The van der Waals surface area contributed by atoms with E-state index in [0.717, 1.165) is 0 Å². The first-order valence-corrected chi connectivity index (χ1v) is 5.55. The molecule has 2 aromatic rings. The maximum Gasteiger partial charge on any atom is 0.128 e. The second-order valence-electron chi connectivity index (χ2n) is 3.89. The lowest BCUT2D eigenvalue weighted by Crippen LogP contribution is -2.20. The van der Waals surface area contributed by atoms with Gasteiger partial charge in [-0.3, -0.25) is 0 Å². The molecule has 0 aliphatic heterocycles. The smallest absolute Gasteiger partial charge is 0.128 e. The Kier molecular flexibility index (Phi) is 3.89. The van der Waals surface area contributed by atoms with Crippen LogP contribution in [-0.4, -0.2) is 6.61 Å². The van der Waals surface area contributed by atoms with Crippen LogP contribution in [0.4, 0.5) is 8.78 Å². The summed E-state index contributed by atoms with van der Waals surface area (Å²) in [4.78, 5) is 0. The van der Waals surface area contributed by atoms with Crippen LogP contribution in [0.1, 0.15) is 11.6 Å². The second kappa shape index (κ2) is 5.60. The van der Waals surface area contributed by atoms with Crippen LogP contribution < -0.4 is 10.5 Å². The van der Waals surface area contributed by atoms with E-state index in [2.05, 4.69) is 0 Å². The lowest BCUT2D eigenvalue weighted by Gasteiger charge is -2.14. The van der Waals surface area contributed by atoms with Crippen LogP contribution in [0.25, 0.3) is 0 Å². The molecular weight excluding hydrogens is 236 g/mol. The molecule has 2 nitrogen and oxygen atoms in total. The molecule has 0 aliphatic carbocycles. The Morgan fingerprint density at radius 3 is 2.33 bits per heavy atom. The molecule has 18 heavy (non-hydrogen) atoms. The minimum Gasteiger partial charge on any atom is -0.492 e. The summed E-state index contributed by atoms with van der Waals surface area (Å²) in [5.74, 6) is -0.184. The number of halogens is 2. The summed E-state index contributed by atoms with van der Waals surface area (Å²) < 4.78 is 31.5. The quantitative estimate of drug-likeness (QED) is 0.903. The van der Waals surface area contributed by atoms with E-state index < -0.39 is 6.04 Å². The molecule has 1 unspecified atom stereocenters. The van der Waals surface area contributed by atoms with Crippen molar-refractivity contribution in [3.05, 3.63) is 65.7 Å². The van der Waals surface area contributed by atoms with Gasteiger partial charge < -0.3 is 10.5 Å². The molecule has 0 aliphatic rings. The van der Waals surface area contributed by atoms with Gasteiger partial charge in [0.15, 0.2) is 0 Å². The molecule has 0 spiro atoms. The molecule has 0 saturated heterocycles. The van der Waals surface area contributed by atoms with E-state index in [-0.39, 0.29) is 18.2 Å². The second-order valence-corrected chi connectivity index (χ2v) is 3.89. The van der Waals surface area contributed by atoms with Crippen LogP contribution in [-0.2, 0) is 0 Å². The summed E-state index contributed by atoms with van der Waals surface area (Å²) in [5.41, 5.74) is 6.24. The van der Waals surface area contributed by atoms with E-state index in [1.807, 2.05) is 0 Å². The highest BCUT2D eigenvalue weighted by Crippen LogP contribution is 2.17. The van der Waals surface area contributed by atoms with Crippen LogP contribution >= 0.6 is 0 Å². The van der Waals surface area contributed by atoms with Crippen molar-refractivity contribution in [2.24, 2.45) is 5.73 Å². The Bertz CT molecular complexity index is 513. The van der Waals surface area contributed by atoms with Crippen molar-refractivity contribution in [1.82, 2.24) is 0 Å². The molecule has 4 heteroatoms. The SMILES string of the molecule is NC(COc1ccc(F)cc1)c1ccccc1F. The fourth-order valence-corrected chi connectivity index (χ4v) is 1.58. The highest BCUT2D eigenvalue weighted by Gasteiger charge is 2.11. The summed E-state index contributed by atoms with van der Waals surface area (Å²) in [5, 5.41) is 0. The van der Waals surface area contributed by atoms with E-state index in [0.29, 0.717) is 11.3 Å². The molecule has 2 aromatic carbocycles. The van der Waals surface area contributed by atoms with Crippen molar-refractivity contribution in [3.63, 3.8) is 0 Å². The van der Waals surface area contributed by atoms with Gasteiger partial charge in [-0.2, -0.15) is 0 Å². The number of hydrogen-bond acceptors (Lipinski definition) is 2. The van der Waals surface area contributed by atoms with Gasteiger partial charge in [0.1, 0.15) is 24.0 Å². The van der Waals surface area contributed by atoms with Crippen molar-refractivity contribution in [2.45, 2.75) is 6.04 Å². The molecular formula is C14H13F2NO. The molecule has 2 rings (SSSR count). The molecule has 94 valence electrons. The van der Waals surface area contributed by atoms with Crippen LogP contribution in [0.2, 0.25) is 0 Å². The monoisotopic (exact) mass is 249 g/mol. The minimum atomic E-state index is -0.559. The lowest BCUT2D eigenvalue weighted by atomic mass is 10.1. The Hall–Kier alpha value is -1.94. The van der Waals surface area contributed by atoms with Crippen molar-refractivity contribution in [1.29, 1.82) is 0 Å². The van der Waals surface area contributed by atoms with Gasteiger partial charge in [0.2, 0.25) is 0 Å². The zero-order valence-electron chi connectivity index (χ0n) is 9.64. The lowest BCUT2D eigenvalue weighted by molar-refractivity contribution is 0.287. The van der Waals surface area contributed by atoms with E-state index >= 15 is 0 Å². The fourth-order valence-electron chi connectivity index (χ4n) is 1.58. The minimum absolute atomic E-state index is 0.132. The first-order chi connectivity index (χ1) is 8.66. The van der Waals surface area contributed by atoms with Gasteiger partial charge in [-0.05, 0) is 30.3 Å². The van der Waals surface area contributed by atoms with Gasteiger partial charge in [0, 0.05) is 5.56 Å². The number of ether oxygens (including phenoxy) is 1. The van der Waals surface area contributed by atoms with E-state index in [4.69, 9.17) is 10.5 Å². The first kappa shape index (κ1) is 12.5. The van der Waals surface area contributed by atoms with Gasteiger partial charge >= 0.3 is 0 Å². The summed E-state index contributed by atoms with van der Waals surface area (Å²) >= 11 is 0.